The lowest BCUT2D eigenvalue weighted by Crippen LogP contribution is -2.51. The summed E-state index contributed by atoms with van der Waals surface area (Å²) in [6.07, 6.45) is 0.763. The van der Waals surface area contributed by atoms with Crippen LogP contribution in [0.4, 0.5) is 9.59 Å². The Balaban J connectivity index is 1.63. The van der Waals surface area contributed by atoms with Crippen LogP contribution >= 0.6 is 0 Å². The minimum Gasteiger partial charge on any atom is -0.320 e. The van der Waals surface area contributed by atoms with E-state index in [2.05, 4.69) is 5.32 Å². The molecule has 2 aromatic rings. The summed E-state index contributed by atoms with van der Waals surface area (Å²) in [5.41, 5.74) is 2.11. The molecule has 0 aliphatic carbocycles. The van der Waals surface area contributed by atoms with Crippen LogP contribution in [-0.4, -0.2) is 35.0 Å². The maximum Gasteiger partial charge on any atom is 0.325 e. The van der Waals surface area contributed by atoms with Crippen molar-refractivity contribution in [1.29, 1.82) is 0 Å². The number of nitrogens with one attached hydrogen (secondary N) is 1. The molecule has 124 valence electrons. The molecular weight excluding hydrogens is 302 g/mol. The first-order chi connectivity index (χ1) is 11.7. The predicted octanol–water partition coefficient (Wildman–Crippen LogP) is 3.22. The summed E-state index contributed by atoms with van der Waals surface area (Å²) in [5.74, 6) is 0. The van der Waals surface area contributed by atoms with Gasteiger partial charge in [-0.3, -0.25) is 5.32 Å². The number of benzene rings is 2. The third-order valence-corrected chi connectivity index (χ3v) is 4.08. The number of nitrogens with zero attached hydrogens (tertiary/aromatic N) is 2. The molecule has 1 heterocycles. The van der Waals surface area contributed by atoms with Crippen molar-refractivity contribution in [2.24, 2.45) is 0 Å². The first kappa shape index (κ1) is 16.1. The van der Waals surface area contributed by atoms with Crippen LogP contribution in [0.3, 0.4) is 0 Å². The average molecular weight is 323 g/mol. The van der Waals surface area contributed by atoms with Gasteiger partial charge in [0, 0.05) is 26.2 Å². The second kappa shape index (κ2) is 7.64. The summed E-state index contributed by atoms with van der Waals surface area (Å²) in [4.78, 5) is 28.1. The number of imide groups is 1. The molecule has 24 heavy (non-hydrogen) atoms. The molecular formula is C19H21N3O2. The van der Waals surface area contributed by atoms with E-state index in [0.717, 1.165) is 17.5 Å². The first-order valence-corrected chi connectivity index (χ1v) is 8.15. The van der Waals surface area contributed by atoms with Crippen molar-refractivity contribution in [3.05, 3.63) is 71.8 Å². The van der Waals surface area contributed by atoms with Crippen LogP contribution in [0.5, 0.6) is 0 Å². The van der Waals surface area contributed by atoms with Crippen LogP contribution in [0.2, 0.25) is 0 Å². The highest BCUT2D eigenvalue weighted by Gasteiger charge is 2.24. The van der Waals surface area contributed by atoms with Gasteiger partial charge < -0.3 is 9.80 Å². The third kappa shape index (κ3) is 4.13. The third-order valence-electron chi connectivity index (χ3n) is 4.08. The van der Waals surface area contributed by atoms with Crippen LogP contribution in [0, 0.1) is 0 Å². The van der Waals surface area contributed by atoms with Gasteiger partial charge in [-0.25, -0.2) is 9.59 Å². The number of hydrogen-bond donors (Lipinski definition) is 1. The highest BCUT2D eigenvalue weighted by molar-refractivity contribution is 5.93. The van der Waals surface area contributed by atoms with Gasteiger partial charge >= 0.3 is 12.1 Å². The van der Waals surface area contributed by atoms with Gasteiger partial charge in [0.25, 0.3) is 0 Å². The fraction of sp³-hybridized carbons (Fsp3) is 0.263. The maximum atomic E-state index is 12.3. The normalized spacial score (nSPS) is 15.7. The standard InChI is InChI=1S/C19H21N3O2/c23-18-20-19(24)22(15-17-10-5-2-6-11-17)13-7-12-21(18)14-16-8-3-1-4-9-16/h1-6,8-11H,7,12-15H2,(H,20,23,24). The summed E-state index contributed by atoms with van der Waals surface area (Å²) in [6, 6.07) is 18.9. The molecule has 0 radical (unpaired) electrons. The van der Waals surface area contributed by atoms with Crippen molar-refractivity contribution >= 4 is 12.1 Å². The summed E-state index contributed by atoms with van der Waals surface area (Å²) in [5, 5.41) is 2.50. The van der Waals surface area contributed by atoms with Gasteiger partial charge in [-0.15, -0.1) is 0 Å². The van der Waals surface area contributed by atoms with Crippen molar-refractivity contribution in [3.8, 4) is 0 Å². The van der Waals surface area contributed by atoms with Crippen molar-refractivity contribution in [1.82, 2.24) is 15.1 Å². The van der Waals surface area contributed by atoms with E-state index in [-0.39, 0.29) is 12.1 Å². The Labute approximate surface area is 141 Å². The Morgan fingerprint density at radius 3 is 1.54 bits per heavy atom. The Bertz CT molecular complexity index is 629. The Kier molecular flexibility index (Phi) is 5.11. The molecule has 5 nitrogen and oxygen atoms in total. The lowest BCUT2D eigenvalue weighted by atomic mass is 10.2. The summed E-state index contributed by atoms with van der Waals surface area (Å²) >= 11 is 0. The van der Waals surface area contributed by atoms with E-state index in [1.54, 1.807) is 9.80 Å². The highest BCUT2D eigenvalue weighted by atomic mass is 16.2. The maximum absolute atomic E-state index is 12.3. The Morgan fingerprint density at radius 2 is 1.12 bits per heavy atom. The summed E-state index contributed by atoms with van der Waals surface area (Å²) in [6.45, 7) is 2.27. The lowest BCUT2D eigenvalue weighted by Gasteiger charge is -2.30. The molecule has 1 saturated heterocycles. The molecule has 0 spiro atoms. The molecule has 1 aliphatic rings. The lowest BCUT2D eigenvalue weighted by molar-refractivity contribution is 0.162. The molecule has 0 aromatic heterocycles. The second-order valence-corrected chi connectivity index (χ2v) is 5.90. The predicted molar refractivity (Wildman–Crippen MR) is 92.2 cm³/mol. The van der Waals surface area contributed by atoms with Gasteiger partial charge in [0.15, 0.2) is 0 Å². The van der Waals surface area contributed by atoms with Crippen LogP contribution in [0.1, 0.15) is 17.5 Å². The zero-order chi connectivity index (χ0) is 16.8. The molecule has 4 amide bonds. The van der Waals surface area contributed by atoms with Crippen molar-refractivity contribution < 1.29 is 9.59 Å². The number of carbonyl (C=O) groups excluding carboxylic acids is 2. The number of urea groups is 2. The van der Waals surface area contributed by atoms with E-state index < -0.39 is 0 Å². The molecule has 3 rings (SSSR count). The molecule has 0 atom stereocenters. The fourth-order valence-electron chi connectivity index (χ4n) is 2.81. The number of amides is 4. The zero-order valence-corrected chi connectivity index (χ0v) is 13.5. The quantitative estimate of drug-likeness (QED) is 0.939. The van der Waals surface area contributed by atoms with Crippen LogP contribution in [0.25, 0.3) is 0 Å². The molecule has 1 N–H and O–H groups in total. The monoisotopic (exact) mass is 323 g/mol. The van der Waals surface area contributed by atoms with Gasteiger partial charge in [-0.2, -0.15) is 0 Å². The van der Waals surface area contributed by atoms with E-state index in [1.165, 1.54) is 0 Å². The zero-order valence-electron chi connectivity index (χ0n) is 13.5. The van der Waals surface area contributed by atoms with Crippen molar-refractivity contribution in [3.63, 3.8) is 0 Å². The number of rotatable bonds is 4. The molecule has 2 aromatic carbocycles. The average Bonchev–Trinajstić information content (AvgIpc) is 2.60. The largest absolute Gasteiger partial charge is 0.325 e. The molecule has 0 unspecified atom stereocenters. The van der Waals surface area contributed by atoms with Crippen molar-refractivity contribution in [2.75, 3.05) is 13.1 Å². The minimum absolute atomic E-state index is 0.332. The molecule has 1 aliphatic heterocycles. The van der Waals surface area contributed by atoms with Gasteiger partial charge in [0.2, 0.25) is 0 Å². The Hall–Kier alpha value is -2.82. The fourth-order valence-corrected chi connectivity index (χ4v) is 2.81. The summed E-state index contributed by atoms with van der Waals surface area (Å²) in [7, 11) is 0. The van der Waals surface area contributed by atoms with E-state index >= 15 is 0 Å². The second-order valence-electron chi connectivity index (χ2n) is 5.90. The SMILES string of the molecule is O=C1NC(=O)N(Cc2ccccc2)CCCN1Cc1ccccc1. The smallest absolute Gasteiger partial charge is 0.320 e. The summed E-state index contributed by atoms with van der Waals surface area (Å²) < 4.78 is 0. The van der Waals surface area contributed by atoms with Gasteiger partial charge in [0.1, 0.15) is 0 Å². The Morgan fingerprint density at radius 1 is 0.708 bits per heavy atom. The minimum atomic E-state index is -0.332. The van der Waals surface area contributed by atoms with Gasteiger partial charge in [0.05, 0.1) is 0 Å². The van der Waals surface area contributed by atoms with E-state index in [1.807, 2.05) is 60.7 Å². The number of carbonyl (C=O) groups is 2. The first-order valence-electron chi connectivity index (χ1n) is 8.15. The van der Waals surface area contributed by atoms with Crippen molar-refractivity contribution in [2.45, 2.75) is 19.5 Å². The molecule has 1 fully saturated rings. The van der Waals surface area contributed by atoms with Gasteiger partial charge in [-0.05, 0) is 17.5 Å². The molecule has 5 heteroatoms. The van der Waals surface area contributed by atoms with E-state index in [9.17, 15) is 9.59 Å². The van der Waals surface area contributed by atoms with Gasteiger partial charge in [-0.1, -0.05) is 60.7 Å². The number of hydrogen-bond acceptors (Lipinski definition) is 2. The topological polar surface area (TPSA) is 52.7 Å². The van der Waals surface area contributed by atoms with E-state index in [0.29, 0.717) is 26.2 Å². The highest BCUT2D eigenvalue weighted by Crippen LogP contribution is 2.11. The van der Waals surface area contributed by atoms with E-state index in [4.69, 9.17) is 0 Å². The van der Waals surface area contributed by atoms with Crippen LogP contribution in [0.15, 0.2) is 60.7 Å². The molecule has 0 saturated carbocycles. The van der Waals surface area contributed by atoms with Crippen LogP contribution in [-0.2, 0) is 13.1 Å². The van der Waals surface area contributed by atoms with Crippen LogP contribution < -0.4 is 5.32 Å². The molecule has 0 bridgehead atoms.